The maximum absolute atomic E-state index is 14.4. The van der Waals surface area contributed by atoms with E-state index in [9.17, 15) is 27.2 Å². The number of amides is 2. The molecule has 4 rings (SSSR count). The summed E-state index contributed by atoms with van der Waals surface area (Å²) in [6, 6.07) is 10.8. The van der Waals surface area contributed by atoms with Crippen molar-refractivity contribution in [1.29, 1.82) is 5.41 Å². The number of alkyl halides is 4. The van der Waals surface area contributed by atoms with Gasteiger partial charge in [-0.3, -0.25) is 15.1 Å². The van der Waals surface area contributed by atoms with E-state index in [0.29, 0.717) is 22.5 Å². The summed E-state index contributed by atoms with van der Waals surface area (Å²) < 4.78 is 60.5. The molecule has 17 heteroatoms. The van der Waals surface area contributed by atoms with Crippen molar-refractivity contribution in [1.82, 2.24) is 40.3 Å². The molecule has 0 fully saturated rings. The molecular formula is C34H38ClF4N9O3. The second-order valence-corrected chi connectivity index (χ2v) is 13.6. The number of rotatable bonds is 12. The summed E-state index contributed by atoms with van der Waals surface area (Å²) >= 11 is 6.44. The van der Waals surface area contributed by atoms with Gasteiger partial charge in [0, 0.05) is 35.6 Å². The van der Waals surface area contributed by atoms with E-state index >= 15 is 0 Å². The molecule has 12 nitrogen and oxygen atoms in total. The van der Waals surface area contributed by atoms with E-state index in [2.05, 4.69) is 30.7 Å². The number of carbonyl (C=O) groups is 2. The van der Waals surface area contributed by atoms with E-state index in [1.54, 1.807) is 30.6 Å². The third kappa shape index (κ3) is 9.99. The minimum Gasteiger partial charge on any atom is -0.447 e. The lowest BCUT2D eigenvalue weighted by Crippen LogP contribution is -2.51. The molecule has 0 saturated carbocycles. The normalized spacial score (nSPS) is 12.5. The largest absolute Gasteiger partial charge is 0.447 e. The van der Waals surface area contributed by atoms with Crippen LogP contribution in [0.25, 0.3) is 22.8 Å². The third-order valence-corrected chi connectivity index (χ3v) is 7.94. The van der Waals surface area contributed by atoms with Crippen molar-refractivity contribution in [3.63, 3.8) is 0 Å². The van der Waals surface area contributed by atoms with Gasteiger partial charge in [0.15, 0.2) is 17.6 Å². The average Bonchev–Trinajstić information content (AvgIpc) is 3.57. The summed E-state index contributed by atoms with van der Waals surface area (Å²) in [4.78, 5) is 40.6. The van der Waals surface area contributed by atoms with E-state index in [1.807, 2.05) is 20.8 Å². The molecule has 0 unspecified atom stereocenters. The minimum absolute atomic E-state index is 0.00656. The molecule has 51 heavy (non-hydrogen) atoms. The monoisotopic (exact) mass is 731 g/mol. The number of hydrogen-bond acceptors (Lipinski definition) is 8. The van der Waals surface area contributed by atoms with Crippen molar-refractivity contribution in [3.8, 4) is 22.8 Å². The highest BCUT2D eigenvalue weighted by atomic mass is 35.5. The predicted octanol–water partition coefficient (Wildman–Crippen LogP) is 7.36. The number of hydrogen-bond donors (Lipinski definition) is 3. The molecule has 2 amide bonds. The first-order valence-corrected chi connectivity index (χ1v) is 16.1. The van der Waals surface area contributed by atoms with Crippen molar-refractivity contribution >= 4 is 29.6 Å². The Morgan fingerprint density at radius 3 is 2.27 bits per heavy atom. The molecule has 4 aromatic rings. The highest BCUT2D eigenvalue weighted by molar-refractivity contribution is 6.33. The Morgan fingerprint density at radius 2 is 1.67 bits per heavy atom. The zero-order chi connectivity index (χ0) is 37.5. The van der Waals surface area contributed by atoms with Gasteiger partial charge in [-0.25, -0.2) is 28.5 Å². The molecule has 0 saturated heterocycles. The summed E-state index contributed by atoms with van der Waals surface area (Å²) in [7, 11) is 0. The molecule has 0 spiro atoms. The Labute approximate surface area is 297 Å². The molecule has 1 atom stereocenters. The van der Waals surface area contributed by atoms with Crippen molar-refractivity contribution in [2.45, 2.75) is 65.6 Å². The fraction of sp³-hybridized carbons (Fsp3) is 0.382. The van der Waals surface area contributed by atoms with Crippen LogP contribution in [0.2, 0.25) is 5.02 Å². The number of aromatic nitrogens is 5. The van der Waals surface area contributed by atoms with Gasteiger partial charge in [-0.1, -0.05) is 50.6 Å². The molecule has 3 N–H and O–H groups in total. The van der Waals surface area contributed by atoms with Crippen LogP contribution in [0.3, 0.4) is 0 Å². The number of benzene rings is 2. The van der Waals surface area contributed by atoms with Gasteiger partial charge in [-0.2, -0.15) is 18.6 Å². The van der Waals surface area contributed by atoms with E-state index < -0.39 is 43.2 Å². The van der Waals surface area contributed by atoms with Crippen LogP contribution in [0.15, 0.2) is 67.3 Å². The Hall–Kier alpha value is -5.12. The summed E-state index contributed by atoms with van der Waals surface area (Å²) in [5, 5.41) is 17.7. The van der Waals surface area contributed by atoms with Crippen LogP contribution in [0, 0.1) is 10.8 Å². The van der Waals surface area contributed by atoms with Crippen LogP contribution in [0.1, 0.15) is 69.6 Å². The van der Waals surface area contributed by atoms with Gasteiger partial charge in [0.25, 0.3) is 12.3 Å². The zero-order valence-electron chi connectivity index (χ0n) is 28.5. The van der Waals surface area contributed by atoms with Crippen molar-refractivity contribution < 1.29 is 31.9 Å². The molecule has 2 aromatic carbocycles. The lowest BCUT2D eigenvalue weighted by molar-refractivity contribution is 0.0402. The van der Waals surface area contributed by atoms with Gasteiger partial charge in [-0.15, -0.1) is 0 Å². The lowest BCUT2D eigenvalue weighted by Gasteiger charge is -2.33. The molecule has 0 bridgehead atoms. The topological polar surface area (TPSA) is 151 Å². The van der Waals surface area contributed by atoms with E-state index in [4.69, 9.17) is 21.7 Å². The van der Waals surface area contributed by atoms with Crippen LogP contribution in [0.5, 0.6) is 0 Å². The smallest absolute Gasteiger partial charge is 0.407 e. The van der Waals surface area contributed by atoms with Crippen LogP contribution in [-0.4, -0.2) is 72.7 Å². The summed E-state index contributed by atoms with van der Waals surface area (Å²) in [5.74, 6) is -0.964. The molecule has 2 aromatic heterocycles. The molecule has 2 heterocycles. The van der Waals surface area contributed by atoms with Crippen molar-refractivity contribution in [2.24, 2.45) is 5.41 Å². The number of nitrogens with zero attached hydrogens (tertiary/aromatic N) is 6. The first-order valence-electron chi connectivity index (χ1n) is 15.7. The van der Waals surface area contributed by atoms with Gasteiger partial charge in [0.1, 0.15) is 12.9 Å². The van der Waals surface area contributed by atoms with Crippen LogP contribution < -0.4 is 10.6 Å². The Kier molecular flexibility index (Phi) is 12.3. The second kappa shape index (κ2) is 16.3. The van der Waals surface area contributed by atoms with Crippen LogP contribution in [-0.2, 0) is 4.74 Å². The van der Waals surface area contributed by atoms with Gasteiger partial charge >= 0.3 is 12.6 Å². The lowest BCUT2D eigenvalue weighted by atomic mass is 9.92. The number of nitrogens with one attached hydrogen (secondary N) is 3. The van der Waals surface area contributed by atoms with E-state index in [1.165, 1.54) is 30.3 Å². The zero-order valence-corrected chi connectivity index (χ0v) is 29.3. The number of alkyl carbamates (subject to hydrolysis) is 1. The molecule has 0 aliphatic carbocycles. The van der Waals surface area contributed by atoms with E-state index in [-0.39, 0.29) is 45.5 Å². The highest BCUT2D eigenvalue weighted by Gasteiger charge is 2.35. The first kappa shape index (κ1) is 38.7. The molecular weight excluding hydrogens is 694 g/mol. The Balaban J connectivity index is 1.81. The van der Waals surface area contributed by atoms with Gasteiger partial charge < -0.3 is 15.4 Å². The van der Waals surface area contributed by atoms with Crippen LogP contribution >= 0.6 is 11.6 Å². The molecule has 272 valence electrons. The Bertz CT molecular complexity index is 1820. The predicted molar refractivity (Wildman–Crippen MR) is 182 cm³/mol. The quantitative estimate of drug-likeness (QED) is 0.0777. The van der Waals surface area contributed by atoms with E-state index in [0.717, 1.165) is 25.1 Å². The average molecular weight is 732 g/mol. The number of guanidine groups is 1. The number of ether oxygens (including phenoxy) is 1. The second-order valence-electron chi connectivity index (χ2n) is 13.2. The maximum Gasteiger partial charge on any atom is 0.407 e. The maximum atomic E-state index is 14.4. The summed E-state index contributed by atoms with van der Waals surface area (Å²) in [6.07, 6.45) is 0.513. The number of halogens is 5. The molecule has 0 aliphatic rings. The van der Waals surface area contributed by atoms with Crippen molar-refractivity contribution in [3.05, 3.63) is 83.4 Å². The number of carbonyl (C=O) groups excluding carboxylic acids is 2. The van der Waals surface area contributed by atoms with Crippen molar-refractivity contribution in [2.75, 3.05) is 13.2 Å². The standard InChI is InChI=1S/C34H38ClF4N9O3/c1-33(2,3)13-16-43-31(40)47(28(49)21-9-7-20(8-10-21)26-41-14-6-15-42-26)25(18-51-32(50)46-34(4,5)29(36)37)22-11-12-24(35)23(17-22)27-44-19-45-48(27)30(38)39/h6-12,14-15,17,19,25,29-30H,13,16,18H2,1-5H3,(H2,40,43)(H,46,50)/t25-/m1/s1. The van der Waals surface area contributed by atoms with Gasteiger partial charge in [0.05, 0.1) is 16.6 Å². The molecule has 0 aliphatic heterocycles. The fourth-order valence-electron chi connectivity index (χ4n) is 4.72. The third-order valence-electron chi connectivity index (χ3n) is 7.61. The summed E-state index contributed by atoms with van der Waals surface area (Å²) in [5.41, 5.74) is -1.17. The SMILES string of the molecule is CC(C)(C)CCNC(=N)N(C(=O)c1ccc(-c2ncccn2)cc1)[C@H](COC(=O)NC(C)(C)C(F)F)c1ccc(Cl)c(-c2ncnn2C(F)F)c1. The fourth-order valence-corrected chi connectivity index (χ4v) is 4.93. The molecule has 0 radical (unpaired) electrons. The summed E-state index contributed by atoms with van der Waals surface area (Å²) in [6.45, 7) is 4.78. The Morgan fingerprint density at radius 1 is 1.00 bits per heavy atom. The highest BCUT2D eigenvalue weighted by Crippen LogP contribution is 2.34. The van der Waals surface area contributed by atoms with Gasteiger partial charge in [0.2, 0.25) is 0 Å². The van der Waals surface area contributed by atoms with Gasteiger partial charge in [-0.05, 0) is 61.6 Å². The minimum atomic E-state index is -3.06. The first-order chi connectivity index (χ1) is 24.0. The van der Waals surface area contributed by atoms with Crippen LogP contribution in [0.4, 0.5) is 22.4 Å².